The Morgan fingerprint density at radius 3 is 2.19 bits per heavy atom. The summed E-state index contributed by atoms with van der Waals surface area (Å²) >= 11 is 0. The topological polar surface area (TPSA) is 7.76 Å². The van der Waals surface area contributed by atoms with Crippen LogP contribution < -0.4 is 9.13 Å². The van der Waals surface area contributed by atoms with Crippen LogP contribution in [0.15, 0.2) is 116 Å². The Balaban J connectivity index is 1.38. The molecule has 274 valence electrons. The normalized spacial score (nSPS) is 13.9. The van der Waals surface area contributed by atoms with Gasteiger partial charge in [0.2, 0.25) is 11.4 Å². The van der Waals surface area contributed by atoms with Gasteiger partial charge in [-0.05, 0) is 104 Å². The lowest BCUT2D eigenvalue weighted by Crippen LogP contribution is -2.40. The molecule has 0 saturated heterocycles. The van der Waals surface area contributed by atoms with E-state index in [9.17, 15) is 0 Å². The number of aryl methyl sites for hydroxylation is 4. The molecule has 0 N–H and O–H groups in total. The lowest BCUT2D eigenvalue weighted by molar-refractivity contribution is -0.687. The zero-order valence-corrected chi connectivity index (χ0v) is 33.7. The van der Waals surface area contributed by atoms with E-state index in [4.69, 9.17) is 0 Å². The van der Waals surface area contributed by atoms with Crippen molar-refractivity contribution in [2.24, 2.45) is 11.8 Å². The van der Waals surface area contributed by atoms with Crippen molar-refractivity contribution in [1.82, 2.24) is 0 Å². The molecular formula is C52H58N2+2. The summed E-state index contributed by atoms with van der Waals surface area (Å²) in [6, 6.07) is 40.1. The largest absolute Gasteiger partial charge is 0.220 e. The van der Waals surface area contributed by atoms with Crippen LogP contribution in [0.4, 0.5) is 0 Å². The molecule has 54 heavy (non-hydrogen) atoms. The van der Waals surface area contributed by atoms with E-state index in [1.165, 1.54) is 95.5 Å². The highest BCUT2D eigenvalue weighted by Gasteiger charge is 2.28. The third kappa shape index (κ3) is 6.74. The lowest BCUT2D eigenvalue weighted by Gasteiger charge is -2.21. The van der Waals surface area contributed by atoms with Crippen molar-refractivity contribution in [3.8, 4) is 22.5 Å². The Bertz CT molecular complexity index is 2490. The molecule has 0 bridgehead atoms. The molecule has 1 unspecified atom stereocenters. The average Bonchev–Trinajstić information content (AvgIpc) is 3.17. The van der Waals surface area contributed by atoms with Gasteiger partial charge in [-0.25, -0.2) is 0 Å². The van der Waals surface area contributed by atoms with Crippen LogP contribution in [0.25, 0.3) is 54.8 Å². The second-order valence-corrected chi connectivity index (χ2v) is 17.4. The maximum atomic E-state index is 2.59. The van der Waals surface area contributed by atoms with E-state index in [0.717, 1.165) is 38.8 Å². The van der Waals surface area contributed by atoms with Crippen LogP contribution in [0.2, 0.25) is 0 Å². The second kappa shape index (κ2) is 14.8. The van der Waals surface area contributed by atoms with Crippen LogP contribution in [0.3, 0.4) is 0 Å². The molecule has 0 spiro atoms. The molecule has 0 aliphatic carbocycles. The van der Waals surface area contributed by atoms with Crippen LogP contribution in [0.1, 0.15) is 89.1 Å². The Kier molecular flexibility index (Phi) is 9.90. The molecule has 5 aromatic carbocycles. The van der Waals surface area contributed by atoms with E-state index >= 15 is 0 Å². The van der Waals surface area contributed by atoms with Gasteiger partial charge in [0.15, 0.2) is 25.5 Å². The molecule has 2 nitrogen and oxygen atoms in total. The van der Waals surface area contributed by atoms with Crippen LogP contribution in [0.5, 0.6) is 0 Å². The SMILES string of the molecule is CCCCc1cccc2c1CC[n+]1ccccc1-c1c(cccc1CC(C)C(C)C)CC[n+]1ccc3c(ccc4c5cc(C(C)(C)C)ccc5ccc34)c1-2. The zero-order chi connectivity index (χ0) is 37.6. The van der Waals surface area contributed by atoms with Crippen molar-refractivity contribution in [2.45, 2.75) is 105 Å². The maximum absolute atomic E-state index is 2.59. The van der Waals surface area contributed by atoms with E-state index in [0.29, 0.717) is 11.8 Å². The molecule has 7 aromatic rings. The van der Waals surface area contributed by atoms with E-state index < -0.39 is 0 Å². The fraction of sp³-hybridized carbons (Fsp3) is 0.346. The van der Waals surface area contributed by atoms with Crippen molar-refractivity contribution in [2.75, 3.05) is 0 Å². The Morgan fingerprint density at radius 2 is 1.37 bits per heavy atom. The predicted molar refractivity (Wildman–Crippen MR) is 229 cm³/mol. The summed E-state index contributed by atoms with van der Waals surface area (Å²) in [5.74, 6) is 1.25. The van der Waals surface area contributed by atoms with Crippen LogP contribution in [-0.4, -0.2) is 0 Å². The third-order valence-corrected chi connectivity index (χ3v) is 12.6. The van der Waals surface area contributed by atoms with Gasteiger partial charge in [-0.2, -0.15) is 9.13 Å². The number of aromatic nitrogens is 2. The predicted octanol–water partition coefficient (Wildman–Crippen LogP) is 12.3. The van der Waals surface area contributed by atoms with E-state index in [1.807, 2.05) is 0 Å². The molecule has 8 rings (SSSR count). The highest BCUT2D eigenvalue weighted by atomic mass is 15.0. The smallest absolute Gasteiger partial charge is 0.198 e. The van der Waals surface area contributed by atoms with E-state index in [2.05, 4.69) is 173 Å². The Morgan fingerprint density at radius 1 is 0.648 bits per heavy atom. The summed E-state index contributed by atoms with van der Waals surface area (Å²) < 4.78 is 5.13. The van der Waals surface area contributed by atoms with Crippen molar-refractivity contribution in [1.29, 1.82) is 0 Å². The minimum atomic E-state index is 0.0958. The van der Waals surface area contributed by atoms with Gasteiger partial charge in [0.05, 0.1) is 16.5 Å². The Hall–Kier alpha value is -4.82. The number of pyridine rings is 2. The monoisotopic (exact) mass is 710 g/mol. The fourth-order valence-corrected chi connectivity index (χ4v) is 8.96. The van der Waals surface area contributed by atoms with E-state index in [1.54, 1.807) is 0 Å². The molecule has 0 saturated carbocycles. The number of benzene rings is 5. The van der Waals surface area contributed by atoms with Gasteiger partial charge in [-0.15, -0.1) is 0 Å². The minimum absolute atomic E-state index is 0.0958. The van der Waals surface area contributed by atoms with Gasteiger partial charge in [0, 0.05) is 36.4 Å². The van der Waals surface area contributed by atoms with Gasteiger partial charge in [0.25, 0.3) is 0 Å². The van der Waals surface area contributed by atoms with Crippen molar-refractivity contribution >= 4 is 32.3 Å². The van der Waals surface area contributed by atoms with Gasteiger partial charge in [-0.1, -0.05) is 122 Å². The Labute approximate surface area is 323 Å². The lowest BCUT2D eigenvalue weighted by atomic mass is 9.84. The summed E-state index contributed by atoms with van der Waals surface area (Å²) in [5, 5.41) is 8.01. The van der Waals surface area contributed by atoms with Gasteiger partial charge in [0.1, 0.15) is 0 Å². The molecule has 3 heterocycles. The molecule has 0 radical (unpaired) electrons. The number of unbranched alkanes of at least 4 members (excludes halogenated alkanes) is 1. The first-order chi connectivity index (χ1) is 26.1. The summed E-state index contributed by atoms with van der Waals surface area (Å²) in [6.45, 7) is 18.3. The summed E-state index contributed by atoms with van der Waals surface area (Å²) in [5.41, 5.74) is 13.0. The summed E-state index contributed by atoms with van der Waals surface area (Å²) in [4.78, 5) is 0. The first-order valence-electron chi connectivity index (χ1n) is 20.6. The zero-order valence-electron chi connectivity index (χ0n) is 33.7. The average molecular weight is 711 g/mol. The number of fused-ring (bicyclic) bond motifs is 12. The minimum Gasteiger partial charge on any atom is -0.198 e. The van der Waals surface area contributed by atoms with Crippen LogP contribution in [-0.2, 0) is 44.2 Å². The molecule has 1 aliphatic rings. The molecule has 2 heteroatoms. The van der Waals surface area contributed by atoms with Crippen LogP contribution >= 0.6 is 0 Å². The molecule has 0 fully saturated rings. The molecular weight excluding hydrogens is 653 g/mol. The fourth-order valence-electron chi connectivity index (χ4n) is 8.96. The molecule has 2 aromatic heterocycles. The van der Waals surface area contributed by atoms with Crippen LogP contribution in [0, 0.1) is 11.8 Å². The molecule has 1 aliphatic heterocycles. The highest BCUT2D eigenvalue weighted by molar-refractivity contribution is 6.18. The van der Waals surface area contributed by atoms with Gasteiger partial charge in [-0.3, -0.25) is 0 Å². The van der Waals surface area contributed by atoms with Gasteiger partial charge >= 0.3 is 0 Å². The molecule has 0 amide bonds. The first-order valence-corrected chi connectivity index (χ1v) is 20.6. The second-order valence-electron chi connectivity index (χ2n) is 17.4. The highest BCUT2D eigenvalue weighted by Crippen LogP contribution is 2.38. The van der Waals surface area contributed by atoms with E-state index in [-0.39, 0.29) is 5.41 Å². The van der Waals surface area contributed by atoms with Crippen molar-refractivity contribution < 1.29 is 9.13 Å². The first kappa shape index (κ1) is 36.2. The van der Waals surface area contributed by atoms with Gasteiger partial charge < -0.3 is 0 Å². The summed E-state index contributed by atoms with van der Waals surface area (Å²) in [6.07, 6.45) is 11.3. The third-order valence-electron chi connectivity index (χ3n) is 12.6. The number of nitrogens with zero attached hydrogens (tertiary/aromatic N) is 2. The number of hydrogen-bond donors (Lipinski definition) is 0. The van der Waals surface area contributed by atoms with Crippen molar-refractivity contribution in [3.05, 3.63) is 143 Å². The maximum Gasteiger partial charge on any atom is 0.220 e. The number of rotatable bonds is 6. The quantitative estimate of drug-likeness (QED) is 0.120. The standard InChI is InChI=1S/C52H58N2/c1-8-9-14-37-15-13-18-46-42(37)27-31-53-29-11-10-19-49(53)50-39(16-12-17-40(50)33-36(4)35(2)3)26-30-54-32-28-45-43-23-21-38-20-22-41(52(5,6)7)34-48(38)44(43)24-25-47(45)51(46)54/h10-13,15-25,28-29,32,34-36H,8-9,14,26-27,30-31,33H2,1-7H3/q+2. The molecule has 1 atom stereocenters. The summed E-state index contributed by atoms with van der Waals surface area (Å²) in [7, 11) is 0. The van der Waals surface area contributed by atoms with Crippen molar-refractivity contribution in [3.63, 3.8) is 0 Å². The number of hydrogen-bond acceptors (Lipinski definition) is 0.